The van der Waals surface area contributed by atoms with E-state index in [0.717, 1.165) is 11.4 Å². The van der Waals surface area contributed by atoms with E-state index in [0.29, 0.717) is 0 Å². The Bertz CT molecular complexity index is 2590. The van der Waals surface area contributed by atoms with Gasteiger partial charge in [0.2, 0.25) is 0 Å². The number of rotatable bonds is 15. The highest BCUT2D eigenvalue weighted by Gasteiger charge is 2.42. The van der Waals surface area contributed by atoms with Crippen LogP contribution in [0.2, 0.25) is 0 Å². The summed E-state index contributed by atoms with van der Waals surface area (Å²) in [6.07, 6.45) is 12.6. The molecule has 0 saturated carbocycles. The number of hydrogen-bond donors (Lipinski definition) is 0. The molecule has 0 amide bonds. The van der Waals surface area contributed by atoms with Gasteiger partial charge in [0.15, 0.2) is 0 Å². The minimum Gasteiger partial charge on any atom is -0.310 e. The van der Waals surface area contributed by atoms with E-state index in [9.17, 15) is 0 Å². The Morgan fingerprint density at radius 3 is 1.72 bits per heavy atom. The number of unbranched alkanes of at least 4 members (excludes halogenated alkanes) is 6. The van der Waals surface area contributed by atoms with Crippen LogP contribution in [0.5, 0.6) is 0 Å². The van der Waals surface area contributed by atoms with Crippen molar-refractivity contribution in [1.82, 2.24) is 4.57 Å². The monoisotopic (exact) mass is 742 g/mol. The smallest absolute Gasteiger partial charge is 0.0542 e. The zero-order valence-corrected chi connectivity index (χ0v) is 33.6. The molecular formula is C55H54N2. The molecule has 57 heavy (non-hydrogen) atoms. The Balaban J connectivity index is 1.22. The van der Waals surface area contributed by atoms with Crippen molar-refractivity contribution in [2.45, 2.75) is 83.5 Å². The molecule has 1 aliphatic carbocycles. The second-order valence-electron chi connectivity index (χ2n) is 16.1. The summed E-state index contributed by atoms with van der Waals surface area (Å²) in [7, 11) is 0. The van der Waals surface area contributed by atoms with Crippen molar-refractivity contribution in [2.75, 3.05) is 4.90 Å². The zero-order valence-electron chi connectivity index (χ0n) is 33.6. The summed E-state index contributed by atoms with van der Waals surface area (Å²) < 4.78 is 2.41. The topological polar surface area (TPSA) is 8.17 Å². The van der Waals surface area contributed by atoms with Crippen LogP contribution < -0.4 is 4.90 Å². The molecule has 0 N–H and O–H groups in total. The predicted octanol–water partition coefficient (Wildman–Crippen LogP) is 16.1. The van der Waals surface area contributed by atoms with Gasteiger partial charge in [-0.2, -0.15) is 0 Å². The molecule has 0 unspecified atom stereocenters. The molecule has 0 radical (unpaired) electrons. The lowest BCUT2D eigenvalue weighted by Crippen LogP contribution is -2.26. The van der Waals surface area contributed by atoms with E-state index in [2.05, 4.69) is 193 Å². The van der Waals surface area contributed by atoms with Crippen LogP contribution in [0.3, 0.4) is 0 Å². The third kappa shape index (κ3) is 6.86. The summed E-state index contributed by atoms with van der Waals surface area (Å²) in [6, 6.07) is 63.4. The van der Waals surface area contributed by atoms with E-state index < -0.39 is 0 Å². The Hall–Kier alpha value is -5.86. The van der Waals surface area contributed by atoms with Crippen LogP contribution in [0, 0.1) is 0 Å². The predicted molar refractivity (Wildman–Crippen MR) is 245 cm³/mol. The molecule has 2 nitrogen and oxygen atoms in total. The summed E-state index contributed by atoms with van der Waals surface area (Å²) >= 11 is 0. The fourth-order valence-corrected chi connectivity index (χ4v) is 9.79. The van der Waals surface area contributed by atoms with Gasteiger partial charge in [-0.25, -0.2) is 0 Å². The minimum atomic E-state index is 0.0132. The highest BCUT2D eigenvalue weighted by Crippen LogP contribution is 2.55. The van der Waals surface area contributed by atoms with Crippen LogP contribution in [0.4, 0.5) is 17.1 Å². The summed E-state index contributed by atoms with van der Waals surface area (Å²) in [5.74, 6) is 0. The molecule has 7 aromatic carbocycles. The van der Waals surface area contributed by atoms with Crippen molar-refractivity contribution in [1.29, 1.82) is 0 Å². The number of fused-ring (bicyclic) bond motifs is 6. The quantitative estimate of drug-likeness (QED) is 0.0950. The van der Waals surface area contributed by atoms with Crippen molar-refractivity contribution < 1.29 is 0 Å². The van der Waals surface area contributed by atoms with Gasteiger partial charge in [0.1, 0.15) is 0 Å². The summed E-state index contributed by atoms with van der Waals surface area (Å²) in [4.78, 5) is 2.50. The minimum absolute atomic E-state index is 0.0132. The van der Waals surface area contributed by atoms with Crippen molar-refractivity contribution in [3.8, 4) is 27.9 Å². The molecule has 1 aromatic heterocycles. The third-order valence-corrected chi connectivity index (χ3v) is 12.6. The van der Waals surface area contributed by atoms with Crippen LogP contribution in [-0.2, 0) is 5.41 Å². The van der Waals surface area contributed by atoms with Crippen LogP contribution in [-0.4, -0.2) is 4.57 Å². The lowest BCUT2D eigenvalue weighted by Gasteiger charge is -2.34. The van der Waals surface area contributed by atoms with Crippen LogP contribution in [0.15, 0.2) is 170 Å². The fraction of sp³-hybridized carbons (Fsp3) is 0.236. The van der Waals surface area contributed by atoms with E-state index >= 15 is 0 Å². The molecule has 284 valence electrons. The molecule has 2 heteroatoms. The zero-order chi connectivity index (χ0) is 38.6. The Morgan fingerprint density at radius 1 is 0.421 bits per heavy atom. The lowest BCUT2D eigenvalue weighted by atomic mass is 9.70. The van der Waals surface area contributed by atoms with Crippen LogP contribution in [0.1, 0.15) is 89.2 Å². The second-order valence-corrected chi connectivity index (χ2v) is 16.1. The van der Waals surface area contributed by atoms with Crippen molar-refractivity contribution in [3.05, 3.63) is 181 Å². The van der Waals surface area contributed by atoms with Gasteiger partial charge >= 0.3 is 0 Å². The fourth-order valence-electron chi connectivity index (χ4n) is 9.79. The SMILES string of the molecule is CCCCCCC1(CCCCCC)c2ccccc2-c2ccc(N(c3ccc(-c4ccccc4)cc3)c3ccc4c(c3)c3ccccc3n4-c3ccccc3)cc21. The van der Waals surface area contributed by atoms with Gasteiger partial charge in [0.05, 0.1) is 11.0 Å². The molecule has 0 saturated heterocycles. The largest absolute Gasteiger partial charge is 0.310 e. The summed E-state index contributed by atoms with van der Waals surface area (Å²) in [5, 5.41) is 2.52. The maximum absolute atomic E-state index is 2.58. The summed E-state index contributed by atoms with van der Waals surface area (Å²) in [6.45, 7) is 4.65. The molecule has 0 fully saturated rings. The summed E-state index contributed by atoms with van der Waals surface area (Å²) in [5.41, 5.74) is 15.5. The first kappa shape index (κ1) is 36.8. The molecule has 1 heterocycles. The van der Waals surface area contributed by atoms with Gasteiger partial charge in [-0.3, -0.25) is 0 Å². The lowest BCUT2D eigenvalue weighted by molar-refractivity contribution is 0.401. The van der Waals surface area contributed by atoms with Gasteiger partial charge in [-0.15, -0.1) is 0 Å². The number of hydrogen-bond acceptors (Lipinski definition) is 1. The molecule has 9 rings (SSSR count). The highest BCUT2D eigenvalue weighted by molar-refractivity contribution is 6.10. The van der Waals surface area contributed by atoms with E-state index in [4.69, 9.17) is 0 Å². The average molecular weight is 743 g/mol. The highest BCUT2D eigenvalue weighted by atomic mass is 15.1. The number of nitrogens with zero attached hydrogens (tertiary/aromatic N) is 2. The number of para-hydroxylation sites is 2. The standard InChI is InChI=1S/C55H54N2/c1-3-5-7-19-37-55(38-20-8-6-4-2)51-27-17-15-25-47(51)48-35-33-46(40-52(48)55)56(44-31-29-42(30-32-44)41-21-11-9-12-22-41)45-34-36-54-50(39-45)49-26-16-18-28-53(49)57(54)43-23-13-10-14-24-43/h9-18,21-36,39-40H,3-8,19-20,37-38H2,1-2H3. The Morgan fingerprint density at radius 2 is 0.982 bits per heavy atom. The molecule has 8 aromatic rings. The van der Waals surface area contributed by atoms with Crippen molar-refractivity contribution in [3.63, 3.8) is 0 Å². The molecule has 1 aliphatic rings. The number of anilines is 3. The van der Waals surface area contributed by atoms with Gasteiger partial charge in [-0.05, 0) is 107 Å². The number of benzene rings is 7. The van der Waals surface area contributed by atoms with E-state index in [-0.39, 0.29) is 5.41 Å². The van der Waals surface area contributed by atoms with Gasteiger partial charge in [0.25, 0.3) is 0 Å². The molecular weight excluding hydrogens is 689 g/mol. The van der Waals surface area contributed by atoms with E-state index in [1.54, 1.807) is 5.56 Å². The molecule has 0 aliphatic heterocycles. The average Bonchev–Trinajstić information content (AvgIpc) is 3.74. The van der Waals surface area contributed by atoms with Crippen LogP contribution in [0.25, 0.3) is 49.7 Å². The Labute approximate surface area is 339 Å². The second kappa shape index (κ2) is 16.3. The normalized spacial score (nSPS) is 12.9. The molecule has 0 bridgehead atoms. The molecule has 0 spiro atoms. The van der Waals surface area contributed by atoms with Crippen molar-refractivity contribution >= 4 is 38.9 Å². The first-order chi connectivity index (χ1) is 28.2. The maximum Gasteiger partial charge on any atom is 0.0542 e. The van der Waals surface area contributed by atoms with E-state index in [1.807, 2.05) is 0 Å². The van der Waals surface area contributed by atoms with Gasteiger partial charge < -0.3 is 9.47 Å². The van der Waals surface area contributed by atoms with Gasteiger partial charge in [-0.1, -0.05) is 174 Å². The Kier molecular flexibility index (Phi) is 10.5. The van der Waals surface area contributed by atoms with Crippen LogP contribution >= 0.6 is 0 Å². The first-order valence-electron chi connectivity index (χ1n) is 21.5. The number of aromatic nitrogens is 1. The van der Waals surface area contributed by atoms with Gasteiger partial charge in [0, 0.05) is 38.9 Å². The first-order valence-corrected chi connectivity index (χ1v) is 21.5. The van der Waals surface area contributed by atoms with Crippen molar-refractivity contribution in [2.24, 2.45) is 0 Å². The third-order valence-electron chi connectivity index (χ3n) is 12.6. The van der Waals surface area contributed by atoms with E-state index in [1.165, 1.54) is 125 Å². The molecule has 0 atom stereocenters. The maximum atomic E-state index is 2.58.